The Morgan fingerprint density at radius 3 is 2.00 bits per heavy atom. The Bertz CT molecular complexity index is 77.3. The minimum absolute atomic E-state index is 0.396. The second-order valence-electron chi connectivity index (χ2n) is 1.29. The van der Waals surface area contributed by atoms with Crippen LogP contribution in [-0.4, -0.2) is 17.5 Å². The molecule has 1 rings (SSSR count). The molecule has 0 aromatic carbocycles. The van der Waals surface area contributed by atoms with Gasteiger partial charge in [0.25, 0.3) is 6.43 Å². The Labute approximate surface area is 47.8 Å². The smallest absolute Gasteiger partial charge is 0.267 e. The van der Waals surface area contributed by atoms with Gasteiger partial charge in [-0.15, -0.1) is 0 Å². The summed E-state index contributed by atoms with van der Waals surface area (Å²) < 4.78 is 27.0. The molecule has 1 saturated heterocycles. The summed E-state index contributed by atoms with van der Waals surface area (Å²) in [6.45, 7) is 0. The molecule has 1 aliphatic heterocycles. The molecular formula is C3H3BrF2O. The Morgan fingerprint density at radius 2 is 2.00 bits per heavy atom. The summed E-state index contributed by atoms with van der Waals surface area (Å²) in [6, 6.07) is 0. The van der Waals surface area contributed by atoms with Gasteiger partial charge in [-0.25, -0.2) is 8.78 Å². The van der Waals surface area contributed by atoms with Gasteiger partial charge in [-0.3, -0.25) is 0 Å². The lowest BCUT2D eigenvalue weighted by Crippen LogP contribution is -2.00. The van der Waals surface area contributed by atoms with Crippen LogP contribution in [0.1, 0.15) is 0 Å². The van der Waals surface area contributed by atoms with E-state index in [0.29, 0.717) is 0 Å². The Morgan fingerprint density at radius 1 is 1.57 bits per heavy atom. The molecule has 0 aliphatic carbocycles. The van der Waals surface area contributed by atoms with Gasteiger partial charge in [-0.1, -0.05) is 15.9 Å². The number of ether oxygens (including phenoxy) is 1. The van der Waals surface area contributed by atoms with Crippen LogP contribution in [0.25, 0.3) is 0 Å². The van der Waals surface area contributed by atoms with E-state index in [0.717, 1.165) is 0 Å². The van der Waals surface area contributed by atoms with Crippen LogP contribution in [0.5, 0.6) is 0 Å². The summed E-state index contributed by atoms with van der Waals surface area (Å²) in [5, 5.41) is -0.396. The van der Waals surface area contributed by atoms with Gasteiger partial charge in [0.1, 0.15) is 5.01 Å². The van der Waals surface area contributed by atoms with Gasteiger partial charge in [0.15, 0.2) is 6.10 Å². The molecule has 2 unspecified atom stereocenters. The molecule has 42 valence electrons. The van der Waals surface area contributed by atoms with Gasteiger partial charge in [-0.05, 0) is 0 Å². The van der Waals surface area contributed by atoms with E-state index in [-0.39, 0.29) is 0 Å². The molecular weight excluding hydrogens is 170 g/mol. The van der Waals surface area contributed by atoms with E-state index in [2.05, 4.69) is 20.7 Å². The first-order valence-electron chi connectivity index (χ1n) is 1.79. The highest BCUT2D eigenvalue weighted by Crippen LogP contribution is 2.32. The topological polar surface area (TPSA) is 12.5 Å². The van der Waals surface area contributed by atoms with Gasteiger partial charge >= 0.3 is 0 Å². The summed E-state index contributed by atoms with van der Waals surface area (Å²) >= 11 is 2.85. The van der Waals surface area contributed by atoms with E-state index < -0.39 is 17.5 Å². The van der Waals surface area contributed by atoms with Gasteiger partial charge in [0.05, 0.1) is 0 Å². The molecule has 1 nitrogen and oxygen atoms in total. The third-order valence-corrected chi connectivity index (χ3v) is 1.45. The number of hydrogen-bond donors (Lipinski definition) is 0. The third-order valence-electron chi connectivity index (χ3n) is 0.717. The van der Waals surface area contributed by atoms with Crippen LogP contribution in [0.4, 0.5) is 8.78 Å². The minimum Gasteiger partial charge on any atom is -0.351 e. The number of halogens is 3. The first kappa shape index (κ1) is 5.44. The first-order valence-corrected chi connectivity index (χ1v) is 2.71. The molecule has 1 heterocycles. The van der Waals surface area contributed by atoms with E-state index in [4.69, 9.17) is 0 Å². The molecule has 2 atom stereocenters. The predicted molar refractivity (Wildman–Crippen MR) is 23.6 cm³/mol. The fraction of sp³-hybridized carbons (Fsp3) is 1.00. The fourth-order valence-electron chi connectivity index (χ4n) is 0.279. The van der Waals surface area contributed by atoms with Crippen molar-refractivity contribution in [1.29, 1.82) is 0 Å². The van der Waals surface area contributed by atoms with Gasteiger partial charge < -0.3 is 4.74 Å². The quantitative estimate of drug-likeness (QED) is 0.430. The Balaban J connectivity index is 2.20. The predicted octanol–water partition coefficient (Wildman–Crippen LogP) is 1.37. The number of alkyl halides is 3. The van der Waals surface area contributed by atoms with E-state index in [1.807, 2.05) is 0 Å². The standard InChI is InChI=1S/C3H3BrF2O/c4-2-1(7-2)3(5)6/h1-3H. The van der Waals surface area contributed by atoms with Crippen LogP contribution in [-0.2, 0) is 4.74 Å². The van der Waals surface area contributed by atoms with Crippen molar-refractivity contribution < 1.29 is 13.5 Å². The molecule has 1 fully saturated rings. The zero-order valence-corrected chi connectivity index (χ0v) is 4.86. The van der Waals surface area contributed by atoms with Crippen molar-refractivity contribution in [2.45, 2.75) is 17.5 Å². The van der Waals surface area contributed by atoms with Crippen LogP contribution < -0.4 is 0 Å². The number of epoxide rings is 1. The average Bonchev–Trinajstić information content (AvgIpc) is 2.17. The maximum Gasteiger partial charge on any atom is 0.267 e. The van der Waals surface area contributed by atoms with Crippen LogP contribution in [0.3, 0.4) is 0 Å². The molecule has 4 heteroatoms. The van der Waals surface area contributed by atoms with Crippen LogP contribution in [0.2, 0.25) is 0 Å². The maximum atomic E-state index is 11.3. The van der Waals surface area contributed by atoms with Gasteiger partial charge in [0.2, 0.25) is 0 Å². The minimum atomic E-state index is -2.33. The lowest BCUT2D eigenvalue weighted by Gasteiger charge is -1.83. The van der Waals surface area contributed by atoms with Crippen molar-refractivity contribution in [2.24, 2.45) is 0 Å². The summed E-state index contributed by atoms with van der Waals surface area (Å²) in [5.41, 5.74) is 0. The summed E-state index contributed by atoms with van der Waals surface area (Å²) in [4.78, 5) is 0. The maximum absolute atomic E-state index is 11.3. The lowest BCUT2D eigenvalue weighted by atomic mass is 10.5. The second-order valence-corrected chi connectivity index (χ2v) is 2.19. The van der Waals surface area contributed by atoms with Crippen molar-refractivity contribution in [1.82, 2.24) is 0 Å². The van der Waals surface area contributed by atoms with Crippen LogP contribution >= 0.6 is 15.9 Å². The summed E-state index contributed by atoms with van der Waals surface area (Å²) in [5.74, 6) is 0. The highest BCUT2D eigenvalue weighted by atomic mass is 79.9. The number of rotatable bonds is 1. The van der Waals surface area contributed by atoms with Crippen molar-refractivity contribution in [3.8, 4) is 0 Å². The molecule has 0 spiro atoms. The largest absolute Gasteiger partial charge is 0.351 e. The molecule has 7 heavy (non-hydrogen) atoms. The Hall–Kier alpha value is 0.300. The van der Waals surface area contributed by atoms with Gasteiger partial charge in [0, 0.05) is 0 Å². The SMILES string of the molecule is FC(F)C1OC1Br. The molecule has 0 amide bonds. The van der Waals surface area contributed by atoms with E-state index >= 15 is 0 Å². The molecule has 0 radical (unpaired) electrons. The van der Waals surface area contributed by atoms with Crippen molar-refractivity contribution >= 4 is 15.9 Å². The first-order chi connectivity index (χ1) is 3.22. The third kappa shape index (κ3) is 1.10. The number of hydrogen-bond acceptors (Lipinski definition) is 1. The normalized spacial score (nSPS) is 39.4. The molecule has 1 aliphatic rings. The van der Waals surface area contributed by atoms with Crippen molar-refractivity contribution in [2.75, 3.05) is 0 Å². The monoisotopic (exact) mass is 172 g/mol. The van der Waals surface area contributed by atoms with E-state index in [1.54, 1.807) is 0 Å². The molecule has 0 N–H and O–H groups in total. The average molecular weight is 173 g/mol. The van der Waals surface area contributed by atoms with Crippen molar-refractivity contribution in [3.63, 3.8) is 0 Å². The second kappa shape index (κ2) is 1.67. The van der Waals surface area contributed by atoms with E-state index in [1.165, 1.54) is 0 Å². The Kier molecular flexibility index (Phi) is 1.30. The molecule has 0 saturated carbocycles. The summed E-state index contributed by atoms with van der Waals surface area (Å²) in [7, 11) is 0. The molecule has 0 aromatic heterocycles. The fourth-order valence-corrected chi connectivity index (χ4v) is 0.758. The zero-order chi connectivity index (χ0) is 5.44. The van der Waals surface area contributed by atoms with Gasteiger partial charge in [-0.2, -0.15) is 0 Å². The summed E-state index contributed by atoms with van der Waals surface area (Å²) in [6.07, 6.45) is -3.18. The highest BCUT2D eigenvalue weighted by Gasteiger charge is 2.44. The highest BCUT2D eigenvalue weighted by molar-refractivity contribution is 9.09. The molecule has 0 aromatic rings. The van der Waals surface area contributed by atoms with Crippen molar-refractivity contribution in [3.05, 3.63) is 0 Å². The van der Waals surface area contributed by atoms with Crippen LogP contribution in [0, 0.1) is 0 Å². The van der Waals surface area contributed by atoms with Crippen LogP contribution in [0.15, 0.2) is 0 Å². The van der Waals surface area contributed by atoms with E-state index in [9.17, 15) is 8.78 Å². The molecule has 0 bridgehead atoms. The lowest BCUT2D eigenvalue weighted by molar-refractivity contribution is 0.108. The zero-order valence-electron chi connectivity index (χ0n) is 3.27.